The Labute approximate surface area is 142 Å². The highest BCUT2D eigenvalue weighted by Gasteiger charge is 2.15. The van der Waals surface area contributed by atoms with Crippen molar-refractivity contribution in [3.8, 4) is 0 Å². The van der Waals surface area contributed by atoms with Crippen molar-refractivity contribution in [2.24, 2.45) is 0 Å². The van der Waals surface area contributed by atoms with Crippen molar-refractivity contribution in [2.45, 2.75) is 11.3 Å². The van der Waals surface area contributed by atoms with Crippen LogP contribution in [0.4, 0.5) is 5.69 Å². The summed E-state index contributed by atoms with van der Waals surface area (Å²) in [6.45, 7) is 0.0304. The Kier molecular flexibility index (Phi) is 5.48. The Balaban J connectivity index is 2.25. The van der Waals surface area contributed by atoms with Crippen LogP contribution < -0.4 is 4.72 Å². The number of rotatable bonds is 5. The van der Waals surface area contributed by atoms with Crippen molar-refractivity contribution in [3.63, 3.8) is 0 Å². The first-order valence-electron chi connectivity index (χ1n) is 6.10. The highest BCUT2D eigenvalue weighted by atomic mass is 127. The molecule has 112 valence electrons. The molecule has 0 aliphatic heterocycles. The van der Waals surface area contributed by atoms with E-state index in [-0.39, 0.29) is 11.5 Å². The molecule has 7 heteroatoms. The Morgan fingerprint density at radius 3 is 2.38 bits per heavy atom. The first kappa shape index (κ1) is 16.5. The molecule has 0 aliphatic rings. The average Bonchev–Trinajstić information content (AvgIpc) is 2.43. The third-order valence-electron chi connectivity index (χ3n) is 2.81. The second-order valence-corrected chi connectivity index (χ2v) is 7.68. The van der Waals surface area contributed by atoms with Crippen molar-refractivity contribution < 1.29 is 13.5 Å². The fraction of sp³-hybridized carbons (Fsp3) is 0.143. The maximum atomic E-state index is 12.3. The van der Waals surface area contributed by atoms with Crippen LogP contribution in [0.25, 0.3) is 0 Å². The molecule has 0 saturated carbocycles. The minimum Gasteiger partial charge on any atom is -0.396 e. The Morgan fingerprint density at radius 1 is 1.14 bits per heavy atom. The van der Waals surface area contributed by atoms with Crippen LogP contribution >= 0.6 is 34.2 Å². The lowest BCUT2D eigenvalue weighted by Gasteiger charge is -2.10. The summed E-state index contributed by atoms with van der Waals surface area (Å²) in [5.41, 5.74) is 1.22. The molecule has 0 fully saturated rings. The zero-order valence-electron chi connectivity index (χ0n) is 10.9. The van der Waals surface area contributed by atoms with E-state index >= 15 is 0 Å². The van der Waals surface area contributed by atoms with E-state index in [1.807, 2.05) is 0 Å². The van der Waals surface area contributed by atoms with Crippen LogP contribution in [0.1, 0.15) is 5.56 Å². The number of halogens is 2. The van der Waals surface area contributed by atoms with Gasteiger partial charge in [0.25, 0.3) is 10.0 Å². The van der Waals surface area contributed by atoms with Gasteiger partial charge in [-0.05, 0) is 64.9 Å². The smallest absolute Gasteiger partial charge is 0.261 e. The number of hydrogen-bond acceptors (Lipinski definition) is 3. The summed E-state index contributed by atoms with van der Waals surface area (Å²) in [5.74, 6) is 0. The summed E-state index contributed by atoms with van der Waals surface area (Å²) >= 11 is 8.13. The van der Waals surface area contributed by atoms with Gasteiger partial charge in [0.15, 0.2) is 0 Å². The van der Waals surface area contributed by atoms with Gasteiger partial charge in [0.2, 0.25) is 0 Å². The minimum absolute atomic E-state index is 0.0304. The Bertz CT molecular complexity index is 732. The van der Waals surface area contributed by atoms with Crippen molar-refractivity contribution in [1.82, 2.24) is 0 Å². The predicted molar refractivity (Wildman–Crippen MR) is 92.2 cm³/mol. The first-order chi connectivity index (χ1) is 9.92. The number of hydrogen-bond donors (Lipinski definition) is 2. The molecule has 0 aromatic heterocycles. The van der Waals surface area contributed by atoms with Crippen molar-refractivity contribution in [3.05, 3.63) is 56.6 Å². The minimum atomic E-state index is -3.68. The largest absolute Gasteiger partial charge is 0.396 e. The molecule has 0 unspecified atom stereocenters. The van der Waals surface area contributed by atoms with Crippen LogP contribution in [0.5, 0.6) is 0 Å². The molecule has 0 spiro atoms. The van der Waals surface area contributed by atoms with E-state index in [2.05, 4.69) is 27.3 Å². The standard InChI is InChI=1S/C14H13ClINO3S/c15-13-9-11(16)3-6-14(13)17-21(19,20)12-4-1-10(2-5-12)7-8-18/h1-6,9,17-18H,7-8H2. The van der Waals surface area contributed by atoms with Crippen LogP contribution in [-0.2, 0) is 16.4 Å². The molecule has 4 nitrogen and oxygen atoms in total. The van der Waals surface area contributed by atoms with Gasteiger partial charge in [0.05, 0.1) is 15.6 Å². The highest BCUT2D eigenvalue weighted by Crippen LogP contribution is 2.26. The molecule has 0 atom stereocenters. The number of benzene rings is 2. The van der Waals surface area contributed by atoms with E-state index in [0.717, 1.165) is 9.13 Å². The lowest BCUT2D eigenvalue weighted by Crippen LogP contribution is -2.13. The lowest BCUT2D eigenvalue weighted by atomic mass is 10.2. The Hall–Kier alpha value is -0.830. The van der Waals surface area contributed by atoms with Gasteiger partial charge >= 0.3 is 0 Å². The van der Waals surface area contributed by atoms with Crippen LogP contribution in [0, 0.1) is 3.57 Å². The number of aliphatic hydroxyl groups is 1. The lowest BCUT2D eigenvalue weighted by molar-refractivity contribution is 0.299. The van der Waals surface area contributed by atoms with Gasteiger partial charge in [0.1, 0.15) is 0 Å². The molecule has 0 saturated heterocycles. The van der Waals surface area contributed by atoms with Crippen molar-refractivity contribution in [1.29, 1.82) is 0 Å². The fourth-order valence-electron chi connectivity index (χ4n) is 1.74. The number of nitrogens with one attached hydrogen (secondary N) is 1. The van der Waals surface area contributed by atoms with Crippen LogP contribution in [-0.4, -0.2) is 20.1 Å². The number of aliphatic hydroxyl groups excluding tert-OH is 1. The summed E-state index contributed by atoms with van der Waals surface area (Å²) < 4.78 is 28.0. The molecule has 2 aromatic carbocycles. The molecular formula is C14H13ClINO3S. The molecular weight excluding hydrogens is 425 g/mol. The van der Waals surface area contributed by atoms with Gasteiger partial charge in [-0.25, -0.2) is 8.42 Å². The maximum Gasteiger partial charge on any atom is 0.261 e. The van der Waals surface area contributed by atoms with E-state index in [9.17, 15) is 8.42 Å². The summed E-state index contributed by atoms with van der Waals surface area (Å²) in [6.07, 6.45) is 0.497. The summed E-state index contributed by atoms with van der Waals surface area (Å²) in [6, 6.07) is 11.5. The molecule has 2 rings (SSSR count). The number of anilines is 1. The topological polar surface area (TPSA) is 66.4 Å². The third kappa shape index (κ3) is 4.32. The van der Waals surface area contributed by atoms with E-state index in [1.165, 1.54) is 12.1 Å². The molecule has 0 radical (unpaired) electrons. The second kappa shape index (κ2) is 6.95. The van der Waals surface area contributed by atoms with Gasteiger partial charge in [-0.3, -0.25) is 4.72 Å². The van der Waals surface area contributed by atoms with Gasteiger partial charge in [-0.2, -0.15) is 0 Å². The quantitative estimate of drug-likeness (QED) is 0.706. The summed E-state index contributed by atoms with van der Waals surface area (Å²) in [5, 5.41) is 9.20. The predicted octanol–water partition coefficient (Wildman–Crippen LogP) is 3.28. The maximum absolute atomic E-state index is 12.3. The molecule has 0 heterocycles. The average molecular weight is 438 g/mol. The van der Waals surface area contributed by atoms with Crippen LogP contribution in [0.15, 0.2) is 47.4 Å². The zero-order valence-corrected chi connectivity index (χ0v) is 14.6. The molecule has 2 aromatic rings. The van der Waals surface area contributed by atoms with E-state index in [1.54, 1.807) is 30.3 Å². The van der Waals surface area contributed by atoms with Gasteiger partial charge < -0.3 is 5.11 Å². The fourth-order valence-corrected chi connectivity index (χ4v) is 3.78. The van der Waals surface area contributed by atoms with Crippen molar-refractivity contribution >= 4 is 49.9 Å². The zero-order chi connectivity index (χ0) is 15.5. The normalized spacial score (nSPS) is 11.4. The van der Waals surface area contributed by atoms with Crippen LogP contribution in [0.3, 0.4) is 0 Å². The molecule has 2 N–H and O–H groups in total. The second-order valence-electron chi connectivity index (χ2n) is 4.35. The Morgan fingerprint density at radius 2 is 1.81 bits per heavy atom. The monoisotopic (exact) mass is 437 g/mol. The van der Waals surface area contributed by atoms with E-state index in [0.29, 0.717) is 17.1 Å². The molecule has 21 heavy (non-hydrogen) atoms. The first-order valence-corrected chi connectivity index (χ1v) is 9.04. The summed E-state index contributed by atoms with van der Waals surface area (Å²) in [4.78, 5) is 0.152. The summed E-state index contributed by atoms with van der Waals surface area (Å²) in [7, 11) is -3.68. The van der Waals surface area contributed by atoms with Gasteiger partial charge in [0, 0.05) is 10.2 Å². The number of sulfonamides is 1. The van der Waals surface area contributed by atoms with Gasteiger partial charge in [-0.15, -0.1) is 0 Å². The van der Waals surface area contributed by atoms with Crippen LogP contribution in [0.2, 0.25) is 5.02 Å². The van der Waals surface area contributed by atoms with E-state index < -0.39 is 10.0 Å². The molecule has 0 aliphatic carbocycles. The molecule has 0 amide bonds. The highest BCUT2D eigenvalue weighted by molar-refractivity contribution is 14.1. The van der Waals surface area contributed by atoms with E-state index in [4.69, 9.17) is 16.7 Å². The SMILES string of the molecule is O=S(=O)(Nc1ccc(I)cc1Cl)c1ccc(CCO)cc1. The van der Waals surface area contributed by atoms with Crippen molar-refractivity contribution in [2.75, 3.05) is 11.3 Å². The molecule has 0 bridgehead atoms. The third-order valence-corrected chi connectivity index (χ3v) is 5.17. The van der Waals surface area contributed by atoms with Gasteiger partial charge in [-0.1, -0.05) is 23.7 Å².